The number of halogens is 3. The van der Waals surface area contributed by atoms with Crippen LogP contribution in [-0.2, 0) is 0 Å². The second-order valence-corrected chi connectivity index (χ2v) is 2.67. The molecule has 72 valence electrons. The van der Waals surface area contributed by atoms with Gasteiger partial charge in [-0.05, 0) is 6.92 Å². The van der Waals surface area contributed by atoms with Gasteiger partial charge in [0.2, 0.25) is 5.88 Å². The predicted molar refractivity (Wildman–Crippen MR) is 44.2 cm³/mol. The number of ether oxygens (including phenoxy) is 1. The van der Waals surface area contributed by atoms with Gasteiger partial charge in [0.1, 0.15) is 0 Å². The average molecular weight is 229 g/mol. The van der Waals surface area contributed by atoms with Crippen LogP contribution in [0, 0.1) is 6.92 Å². The molecule has 0 aromatic carbocycles. The molecule has 0 saturated heterocycles. The van der Waals surface area contributed by atoms with Gasteiger partial charge in [-0.1, -0.05) is 11.5 Å². The van der Waals surface area contributed by atoms with Gasteiger partial charge in [-0.25, -0.2) is 4.98 Å². The number of hydrogen-bond donors (Lipinski definition) is 0. The SMILES string of the molecule is COc1ncc([B-](F)(F)F)cc1C.[K+]. The van der Waals surface area contributed by atoms with Gasteiger partial charge in [-0.15, -0.1) is 0 Å². The molecule has 7 heteroatoms. The number of aryl methyl sites for hydroxylation is 1. The third-order valence-electron chi connectivity index (χ3n) is 1.62. The smallest absolute Gasteiger partial charge is 0.481 e. The van der Waals surface area contributed by atoms with E-state index in [4.69, 9.17) is 4.74 Å². The Morgan fingerprint density at radius 2 is 1.93 bits per heavy atom. The van der Waals surface area contributed by atoms with Crippen LogP contribution in [0.3, 0.4) is 0 Å². The molecular formula is C7H8BF3KNO. The molecule has 0 aliphatic carbocycles. The molecule has 14 heavy (non-hydrogen) atoms. The van der Waals surface area contributed by atoms with Crippen molar-refractivity contribution in [2.24, 2.45) is 0 Å². The van der Waals surface area contributed by atoms with E-state index >= 15 is 0 Å². The van der Waals surface area contributed by atoms with Gasteiger partial charge < -0.3 is 17.7 Å². The van der Waals surface area contributed by atoms with E-state index in [9.17, 15) is 12.9 Å². The summed E-state index contributed by atoms with van der Waals surface area (Å²) in [5, 5.41) is 0. The first-order chi connectivity index (χ1) is 5.95. The van der Waals surface area contributed by atoms with E-state index in [1.54, 1.807) is 0 Å². The molecule has 1 aromatic heterocycles. The molecule has 0 aliphatic heterocycles. The first-order valence-electron chi connectivity index (χ1n) is 3.65. The average Bonchev–Trinajstić information content (AvgIpc) is 2.02. The Morgan fingerprint density at radius 1 is 1.36 bits per heavy atom. The van der Waals surface area contributed by atoms with Crippen LogP contribution in [0.5, 0.6) is 5.88 Å². The molecule has 0 spiro atoms. The fourth-order valence-corrected chi connectivity index (χ4v) is 0.977. The van der Waals surface area contributed by atoms with Gasteiger partial charge in [0.25, 0.3) is 0 Å². The summed E-state index contributed by atoms with van der Waals surface area (Å²) < 4.78 is 41.3. The predicted octanol–water partition coefficient (Wildman–Crippen LogP) is -1.54. The van der Waals surface area contributed by atoms with Crippen LogP contribution < -0.4 is 61.6 Å². The van der Waals surface area contributed by atoms with Gasteiger partial charge in [-0.2, -0.15) is 0 Å². The third-order valence-corrected chi connectivity index (χ3v) is 1.62. The van der Waals surface area contributed by atoms with Crippen molar-refractivity contribution in [2.75, 3.05) is 7.11 Å². The summed E-state index contributed by atoms with van der Waals surface area (Å²) in [6, 6.07) is 1.03. The van der Waals surface area contributed by atoms with E-state index in [2.05, 4.69) is 4.98 Å². The molecular weight excluding hydrogens is 221 g/mol. The van der Waals surface area contributed by atoms with Crippen LogP contribution in [0.15, 0.2) is 12.3 Å². The van der Waals surface area contributed by atoms with Crippen molar-refractivity contribution in [3.63, 3.8) is 0 Å². The van der Waals surface area contributed by atoms with Crippen molar-refractivity contribution in [2.45, 2.75) is 6.92 Å². The fourth-order valence-electron chi connectivity index (χ4n) is 0.977. The molecule has 0 bridgehead atoms. The van der Waals surface area contributed by atoms with Crippen LogP contribution in [0.2, 0.25) is 0 Å². The zero-order valence-electron chi connectivity index (χ0n) is 8.22. The zero-order valence-corrected chi connectivity index (χ0v) is 11.3. The largest absolute Gasteiger partial charge is 1.00 e. The summed E-state index contributed by atoms with van der Waals surface area (Å²) in [6.07, 6.45) is 0.784. The molecule has 0 aliphatic rings. The maximum absolute atomic E-state index is 12.2. The molecule has 2 nitrogen and oxygen atoms in total. The van der Waals surface area contributed by atoms with Crippen molar-refractivity contribution in [1.82, 2.24) is 4.98 Å². The zero-order chi connectivity index (χ0) is 10.1. The first-order valence-corrected chi connectivity index (χ1v) is 3.65. The van der Waals surface area contributed by atoms with E-state index in [1.165, 1.54) is 14.0 Å². The van der Waals surface area contributed by atoms with Crippen molar-refractivity contribution >= 4 is 12.4 Å². The van der Waals surface area contributed by atoms with Crippen LogP contribution >= 0.6 is 0 Å². The molecule has 0 amide bonds. The van der Waals surface area contributed by atoms with E-state index in [-0.39, 0.29) is 57.3 Å². The van der Waals surface area contributed by atoms with Crippen molar-refractivity contribution < 1.29 is 69.1 Å². The Morgan fingerprint density at radius 3 is 2.29 bits per heavy atom. The molecule has 0 radical (unpaired) electrons. The minimum absolute atomic E-state index is 0. The molecule has 1 aromatic rings. The Hall–Kier alpha value is 0.441. The summed E-state index contributed by atoms with van der Waals surface area (Å²) in [6.45, 7) is -3.44. The third kappa shape index (κ3) is 3.54. The first kappa shape index (κ1) is 14.4. The van der Waals surface area contributed by atoms with Crippen LogP contribution in [-0.4, -0.2) is 19.1 Å². The van der Waals surface area contributed by atoms with Gasteiger partial charge in [0.15, 0.2) is 0 Å². The quantitative estimate of drug-likeness (QED) is 0.573. The summed E-state index contributed by atoms with van der Waals surface area (Å²) in [7, 11) is 1.37. The summed E-state index contributed by atoms with van der Waals surface area (Å²) in [4.78, 5) is 3.54. The fraction of sp³-hybridized carbons (Fsp3) is 0.286. The molecule has 0 saturated carbocycles. The van der Waals surface area contributed by atoms with Crippen molar-refractivity contribution in [3.8, 4) is 5.88 Å². The van der Waals surface area contributed by atoms with Crippen LogP contribution in [0.25, 0.3) is 0 Å². The van der Waals surface area contributed by atoms with E-state index < -0.39 is 12.4 Å². The maximum Gasteiger partial charge on any atom is 1.00 e. The second kappa shape index (κ2) is 5.50. The molecule has 0 fully saturated rings. The van der Waals surface area contributed by atoms with Crippen molar-refractivity contribution in [1.29, 1.82) is 0 Å². The maximum atomic E-state index is 12.2. The van der Waals surface area contributed by atoms with Gasteiger partial charge in [0, 0.05) is 11.8 Å². The number of nitrogens with zero attached hydrogens (tertiary/aromatic N) is 1. The monoisotopic (exact) mass is 229 g/mol. The van der Waals surface area contributed by atoms with Gasteiger partial charge in [0.05, 0.1) is 7.11 Å². The Balaban J connectivity index is 0.00000169. The molecule has 1 rings (SSSR count). The number of aromatic nitrogens is 1. The summed E-state index contributed by atoms with van der Waals surface area (Å²) in [5.74, 6) is 0.226. The van der Waals surface area contributed by atoms with E-state index in [0.29, 0.717) is 5.56 Å². The number of pyridine rings is 1. The molecule has 0 atom stereocenters. The Bertz CT molecular complexity index is 318. The Kier molecular flexibility index (Phi) is 5.68. The van der Waals surface area contributed by atoms with Gasteiger partial charge in [-0.3, -0.25) is 0 Å². The number of hydrogen-bond acceptors (Lipinski definition) is 2. The standard InChI is InChI=1S/C7H8BF3NO.K/c1-5-3-6(8(9,10)11)4-12-7(5)13-2;/h3-4H,1-2H3;/q-1;+1. The summed E-state index contributed by atoms with van der Waals surface area (Å²) >= 11 is 0. The van der Waals surface area contributed by atoms with E-state index in [1.807, 2.05) is 0 Å². The second-order valence-electron chi connectivity index (χ2n) is 2.67. The molecule has 0 N–H and O–H groups in total. The van der Waals surface area contributed by atoms with Crippen LogP contribution in [0.4, 0.5) is 12.9 Å². The molecule has 0 unspecified atom stereocenters. The van der Waals surface area contributed by atoms with Crippen LogP contribution in [0.1, 0.15) is 5.56 Å². The topological polar surface area (TPSA) is 22.1 Å². The minimum Gasteiger partial charge on any atom is -0.481 e. The molecule has 1 heterocycles. The summed E-state index contributed by atoms with van der Waals surface area (Å²) in [5.41, 5.74) is -0.308. The number of methoxy groups -OCH3 is 1. The minimum atomic E-state index is -4.96. The van der Waals surface area contributed by atoms with E-state index in [0.717, 1.165) is 12.3 Å². The normalized spacial score (nSPS) is 10.6. The van der Waals surface area contributed by atoms with Gasteiger partial charge >= 0.3 is 58.4 Å². The Labute approximate surface area is 123 Å². The number of rotatable bonds is 2. The van der Waals surface area contributed by atoms with Crippen molar-refractivity contribution in [3.05, 3.63) is 17.8 Å².